The highest BCUT2D eigenvalue weighted by molar-refractivity contribution is 9.10. The first-order valence-electron chi connectivity index (χ1n) is 5.58. The Morgan fingerprint density at radius 2 is 2.11 bits per heavy atom. The summed E-state index contributed by atoms with van der Waals surface area (Å²) in [5.74, 6) is -0.662. The first kappa shape index (κ1) is 16.0. The van der Waals surface area contributed by atoms with E-state index in [0.717, 1.165) is 12.1 Å². The minimum absolute atomic E-state index is 0.00197. The number of hydrogen-bond donors (Lipinski definition) is 2. The van der Waals surface area contributed by atoms with Gasteiger partial charge in [0.15, 0.2) is 0 Å². The van der Waals surface area contributed by atoms with Gasteiger partial charge in [-0.15, -0.1) is 0 Å². The number of hydrogen-bond acceptors (Lipinski definition) is 2. The summed E-state index contributed by atoms with van der Waals surface area (Å²) in [6, 6.07) is 2.84. The van der Waals surface area contributed by atoms with Crippen LogP contribution in [-0.4, -0.2) is 23.7 Å². The van der Waals surface area contributed by atoms with Gasteiger partial charge in [0.05, 0.1) is 17.2 Å². The number of carbonyl (C=O) groups is 1. The van der Waals surface area contributed by atoms with Crippen LogP contribution in [0.5, 0.6) is 0 Å². The zero-order valence-electron chi connectivity index (χ0n) is 10.1. The van der Waals surface area contributed by atoms with Gasteiger partial charge in [-0.2, -0.15) is 13.2 Å². The fraction of sp³-hybridized carbons (Fsp3) is 0.417. The number of halogens is 4. The van der Waals surface area contributed by atoms with E-state index in [2.05, 4.69) is 21.2 Å². The van der Waals surface area contributed by atoms with Crippen LogP contribution in [0.3, 0.4) is 0 Å². The number of alkyl halides is 3. The minimum atomic E-state index is -4.50. The van der Waals surface area contributed by atoms with Crippen LogP contribution in [0.15, 0.2) is 22.7 Å². The molecule has 0 saturated carbocycles. The molecular weight excluding hydrogens is 327 g/mol. The Hall–Kier alpha value is -1.08. The van der Waals surface area contributed by atoms with Gasteiger partial charge in [0.25, 0.3) is 5.91 Å². The number of aliphatic hydroxyl groups excluding tert-OH is 1. The monoisotopic (exact) mass is 339 g/mol. The van der Waals surface area contributed by atoms with E-state index in [1.54, 1.807) is 6.92 Å². The van der Waals surface area contributed by atoms with Gasteiger partial charge in [-0.25, -0.2) is 0 Å². The Morgan fingerprint density at radius 1 is 1.47 bits per heavy atom. The van der Waals surface area contributed by atoms with E-state index in [4.69, 9.17) is 0 Å². The molecule has 0 aliphatic rings. The minimum Gasteiger partial charge on any atom is -0.391 e. The predicted molar refractivity (Wildman–Crippen MR) is 67.8 cm³/mol. The van der Waals surface area contributed by atoms with Crippen molar-refractivity contribution in [3.8, 4) is 0 Å². The van der Waals surface area contributed by atoms with Gasteiger partial charge in [0, 0.05) is 11.0 Å². The third kappa shape index (κ3) is 4.50. The van der Waals surface area contributed by atoms with Gasteiger partial charge >= 0.3 is 6.18 Å². The molecule has 1 rings (SSSR count). The lowest BCUT2D eigenvalue weighted by Crippen LogP contribution is -2.32. The normalized spacial score (nSPS) is 13.2. The molecule has 19 heavy (non-hydrogen) atoms. The number of benzene rings is 1. The van der Waals surface area contributed by atoms with E-state index >= 15 is 0 Å². The van der Waals surface area contributed by atoms with E-state index < -0.39 is 23.8 Å². The van der Waals surface area contributed by atoms with Crippen molar-refractivity contribution < 1.29 is 23.1 Å². The van der Waals surface area contributed by atoms with Crippen molar-refractivity contribution in [3.63, 3.8) is 0 Å². The molecule has 0 aliphatic heterocycles. The number of carbonyl (C=O) groups excluding carboxylic acids is 1. The smallest absolute Gasteiger partial charge is 0.391 e. The summed E-state index contributed by atoms with van der Waals surface area (Å²) < 4.78 is 37.9. The lowest BCUT2D eigenvalue weighted by molar-refractivity contribution is -0.137. The molecule has 1 aromatic rings. The van der Waals surface area contributed by atoms with Crippen LogP contribution in [0.25, 0.3) is 0 Å². The van der Waals surface area contributed by atoms with Crippen molar-refractivity contribution in [3.05, 3.63) is 33.8 Å². The van der Waals surface area contributed by atoms with Gasteiger partial charge < -0.3 is 10.4 Å². The molecule has 1 atom stereocenters. The number of nitrogens with one attached hydrogen (secondary N) is 1. The lowest BCUT2D eigenvalue weighted by Gasteiger charge is -2.12. The molecule has 0 aromatic heterocycles. The Kier molecular flexibility index (Phi) is 5.37. The molecular formula is C12H13BrF3NO2. The van der Waals surface area contributed by atoms with Gasteiger partial charge in [-0.3, -0.25) is 4.79 Å². The summed E-state index contributed by atoms with van der Waals surface area (Å²) in [7, 11) is 0. The number of aliphatic hydroxyl groups is 1. The van der Waals surface area contributed by atoms with E-state index in [1.807, 2.05) is 0 Å². The molecule has 1 unspecified atom stereocenters. The van der Waals surface area contributed by atoms with E-state index in [0.29, 0.717) is 6.42 Å². The highest BCUT2D eigenvalue weighted by atomic mass is 79.9. The van der Waals surface area contributed by atoms with E-state index in [-0.39, 0.29) is 16.6 Å². The van der Waals surface area contributed by atoms with Crippen molar-refractivity contribution >= 4 is 21.8 Å². The van der Waals surface area contributed by atoms with Gasteiger partial charge in [0.1, 0.15) is 0 Å². The Labute approximate surface area is 116 Å². The van der Waals surface area contributed by atoms with Crippen LogP contribution in [0, 0.1) is 0 Å². The summed E-state index contributed by atoms with van der Waals surface area (Å²) in [4.78, 5) is 11.7. The van der Waals surface area contributed by atoms with Crippen LogP contribution in [0.2, 0.25) is 0 Å². The second kappa shape index (κ2) is 6.38. The zero-order valence-corrected chi connectivity index (χ0v) is 11.7. The standard InChI is InChI=1S/C12H13BrF3NO2/c1-2-8(18)6-17-11(19)9-5-7(12(14,15)16)3-4-10(9)13/h3-5,8,18H,2,6H2,1H3,(H,17,19). The maximum Gasteiger partial charge on any atom is 0.416 e. The van der Waals surface area contributed by atoms with E-state index in [9.17, 15) is 23.1 Å². The first-order valence-corrected chi connectivity index (χ1v) is 6.38. The molecule has 7 heteroatoms. The second-order valence-electron chi connectivity index (χ2n) is 3.96. The van der Waals surface area contributed by atoms with Crippen LogP contribution < -0.4 is 5.32 Å². The van der Waals surface area contributed by atoms with Crippen molar-refractivity contribution in [2.24, 2.45) is 0 Å². The summed E-state index contributed by atoms with van der Waals surface area (Å²) in [5, 5.41) is 11.7. The molecule has 0 heterocycles. The summed E-state index contributed by atoms with van der Waals surface area (Å²) in [6.45, 7) is 1.73. The molecule has 0 radical (unpaired) electrons. The average molecular weight is 340 g/mol. The molecule has 3 nitrogen and oxygen atoms in total. The average Bonchev–Trinajstić information content (AvgIpc) is 2.34. The molecule has 2 N–H and O–H groups in total. The van der Waals surface area contributed by atoms with Crippen molar-refractivity contribution in [2.75, 3.05) is 6.54 Å². The topological polar surface area (TPSA) is 49.3 Å². The van der Waals surface area contributed by atoms with Gasteiger partial charge in [-0.05, 0) is 40.5 Å². The van der Waals surface area contributed by atoms with Crippen LogP contribution in [0.4, 0.5) is 13.2 Å². The molecule has 0 spiro atoms. The maximum atomic E-state index is 12.5. The Morgan fingerprint density at radius 3 is 2.63 bits per heavy atom. The lowest BCUT2D eigenvalue weighted by atomic mass is 10.1. The Bertz CT molecular complexity index is 463. The second-order valence-corrected chi connectivity index (χ2v) is 4.82. The van der Waals surface area contributed by atoms with Crippen LogP contribution >= 0.6 is 15.9 Å². The summed E-state index contributed by atoms with van der Waals surface area (Å²) >= 11 is 3.03. The maximum absolute atomic E-state index is 12.5. The first-order chi connectivity index (χ1) is 8.75. The quantitative estimate of drug-likeness (QED) is 0.885. The number of amides is 1. The summed E-state index contributed by atoms with van der Waals surface area (Å²) in [6.07, 6.45) is -4.77. The molecule has 0 bridgehead atoms. The highest BCUT2D eigenvalue weighted by Crippen LogP contribution is 2.31. The van der Waals surface area contributed by atoms with Gasteiger partial charge in [-0.1, -0.05) is 6.92 Å². The molecule has 0 fully saturated rings. The van der Waals surface area contributed by atoms with E-state index in [1.165, 1.54) is 6.07 Å². The third-order valence-corrected chi connectivity index (χ3v) is 3.20. The van der Waals surface area contributed by atoms with Gasteiger partial charge in [0.2, 0.25) is 0 Å². The zero-order chi connectivity index (χ0) is 14.6. The molecule has 0 saturated heterocycles. The fourth-order valence-corrected chi connectivity index (χ4v) is 1.75. The van der Waals surface area contributed by atoms with Crippen molar-refractivity contribution in [2.45, 2.75) is 25.6 Å². The SMILES string of the molecule is CCC(O)CNC(=O)c1cc(C(F)(F)F)ccc1Br. The fourth-order valence-electron chi connectivity index (χ4n) is 1.33. The largest absolute Gasteiger partial charge is 0.416 e. The Balaban J connectivity index is 2.90. The highest BCUT2D eigenvalue weighted by Gasteiger charge is 2.31. The molecule has 106 valence electrons. The molecule has 0 aliphatic carbocycles. The molecule has 1 amide bonds. The van der Waals surface area contributed by atoms with Crippen LogP contribution in [0.1, 0.15) is 29.3 Å². The van der Waals surface area contributed by atoms with Crippen molar-refractivity contribution in [1.82, 2.24) is 5.32 Å². The van der Waals surface area contributed by atoms with Crippen molar-refractivity contribution in [1.29, 1.82) is 0 Å². The summed E-state index contributed by atoms with van der Waals surface area (Å²) in [5.41, 5.74) is -1.00. The number of rotatable bonds is 4. The van der Waals surface area contributed by atoms with Crippen LogP contribution in [-0.2, 0) is 6.18 Å². The predicted octanol–water partition coefficient (Wildman–Crippen LogP) is 2.97. The third-order valence-electron chi connectivity index (χ3n) is 2.51. The molecule has 1 aromatic carbocycles.